The topological polar surface area (TPSA) is 72.6 Å². The van der Waals surface area contributed by atoms with Crippen molar-refractivity contribution in [3.05, 3.63) is 62.7 Å². The van der Waals surface area contributed by atoms with E-state index in [1.54, 1.807) is 18.2 Å². The molecule has 0 bridgehead atoms. The van der Waals surface area contributed by atoms with Gasteiger partial charge in [0, 0.05) is 12.1 Å². The van der Waals surface area contributed by atoms with Gasteiger partial charge in [0.05, 0.1) is 11.5 Å². The van der Waals surface area contributed by atoms with E-state index in [2.05, 4.69) is 0 Å². The second-order valence-corrected chi connectivity index (χ2v) is 4.63. The lowest BCUT2D eigenvalue weighted by Crippen LogP contribution is -1.92. The van der Waals surface area contributed by atoms with Gasteiger partial charge in [-0.3, -0.25) is 10.1 Å². The highest BCUT2D eigenvalue weighted by Gasteiger charge is 2.13. The Morgan fingerprint density at radius 3 is 2.45 bits per heavy atom. The molecule has 0 aliphatic rings. The molecule has 0 spiro atoms. The van der Waals surface area contributed by atoms with Crippen LogP contribution in [0.2, 0.25) is 5.02 Å². The summed E-state index contributed by atoms with van der Waals surface area (Å²) in [5.74, 6) is 0.987. The zero-order chi connectivity index (χ0) is 14.7. The lowest BCUT2D eigenvalue weighted by Gasteiger charge is -2.09. The van der Waals surface area contributed by atoms with Gasteiger partial charge in [-0.25, -0.2) is 0 Å². The van der Waals surface area contributed by atoms with Gasteiger partial charge in [0.25, 0.3) is 5.69 Å². The fourth-order valence-corrected chi connectivity index (χ4v) is 1.98. The first-order chi connectivity index (χ1) is 9.51. The van der Waals surface area contributed by atoms with Crippen molar-refractivity contribution in [3.8, 4) is 11.5 Å². The molecule has 0 aliphatic carbocycles. The lowest BCUT2D eigenvalue weighted by molar-refractivity contribution is -0.384. The first-order valence-corrected chi connectivity index (χ1v) is 6.21. The molecule has 1 N–H and O–H groups in total. The molecule has 0 aliphatic heterocycles. The van der Waals surface area contributed by atoms with Gasteiger partial charge in [0.15, 0.2) is 0 Å². The minimum atomic E-state index is -0.549. The molecule has 5 nitrogen and oxygen atoms in total. The molecule has 0 saturated heterocycles. The summed E-state index contributed by atoms with van der Waals surface area (Å²) in [4.78, 5) is 10.1. The number of ether oxygens (including phenoxy) is 1. The van der Waals surface area contributed by atoms with Gasteiger partial charge in [-0.05, 0) is 36.2 Å². The Labute approximate surface area is 120 Å². The maximum Gasteiger partial charge on any atom is 0.288 e. The third-order valence-electron chi connectivity index (χ3n) is 2.84. The summed E-state index contributed by atoms with van der Waals surface area (Å²) in [5, 5.41) is 19.8. The predicted octanol–water partition coefficient (Wildman–Crippen LogP) is 3.84. The smallest absolute Gasteiger partial charge is 0.288 e. The zero-order valence-corrected chi connectivity index (χ0v) is 11.4. The van der Waals surface area contributed by atoms with Gasteiger partial charge in [-0.2, -0.15) is 0 Å². The van der Waals surface area contributed by atoms with E-state index >= 15 is 0 Å². The molecular formula is C14H12ClNO4. The molecule has 0 saturated carbocycles. The number of nitrogens with zero attached hydrogens (tertiary/aromatic N) is 1. The molecule has 0 heterocycles. The number of halogens is 1. The van der Waals surface area contributed by atoms with E-state index in [0.29, 0.717) is 11.5 Å². The fourth-order valence-electron chi connectivity index (χ4n) is 1.74. The van der Waals surface area contributed by atoms with Crippen molar-refractivity contribution < 1.29 is 14.8 Å². The Hall–Kier alpha value is -2.11. The van der Waals surface area contributed by atoms with Gasteiger partial charge >= 0.3 is 0 Å². The third-order valence-corrected chi connectivity index (χ3v) is 3.14. The van der Waals surface area contributed by atoms with Crippen molar-refractivity contribution >= 4 is 17.3 Å². The highest BCUT2D eigenvalue weighted by atomic mass is 35.5. The second kappa shape index (κ2) is 5.90. The normalized spacial score (nSPS) is 10.3. The maximum absolute atomic E-state index is 10.7. The molecule has 0 atom stereocenters. The van der Waals surface area contributed by atoms with Crippen LogP contribution in [0, 0.1) is 17.0 Å². The molecule has 0 amide bonds. The Morgan fingerprint density at radius 1 is 1.25 bits per heavy atom. The molecule has 0 aromatic heterocycles. The van der Waals surface area contributed by atoms with Crippen LogP contribution in [0.5, 0.6) is 11.5 Å². The monoisotopic (exact) mass is 293 g/mol. The highest BCUT2D eigenvalue weighted by Crippen LogP contribution is 2.31. The van der Waals surface area contributed by atoms with Crippen molar-refractivity contribution in [2.45, 2.75) is 13.5 Å². The number of aryl methyl sites for hydroxylation is 1. The number of aliphatic hydroxyl groups excluding tert-OH is 1. The van der Waals surface area contributed by atoms with E-state index in [0.717, 1.165) is 11.1 Å². The Morgan fingerprint density at radius 2 is 1.90 bits per heavy atom. The number of hydrogen-bond acceptors (Lipinski definition) is 4. The number of hydrogen-bond donors (Lipinski definition) is 1. The average Bonchev–Trinajstić information content (AvgIpc) is 2.38. The van der Waals surface area contributed by atoms with Crippen molar-refractivity contribution in [2.24, 2.45) is 0 Å². The van der Waals surface area contributed by atoms with Crippen LogP contribution in [0.4, 0.5) is 5.69 Å². The van der Waals surface area contributed by atoms with Gasteiger partial charge in [-0.1, -0.05) is 17.7 Å². The van der Waals surface area contributed by atoms with E-state index in [4.69, 9.17) is 21.4 Å². The Bertz CT molecular complexity index is 658. The molecule has 6 heteroatoms. The fraction of sp³-hybridized carbons (Fsp3) is 0.143. The van der Waals surface area contributed by atoms with Crippen LogP contribution >= 0.6 is 11.6 Å². The minimum Gasteiger partial charge on any atom is -0.457 e. The van der Waals surface area contributed by atoms with Gasteiger partial charge < -0.3 is 9.84 Å². The molecular weight excluding hydrogens is 282 g/mol. The van der Waals surface area contributed by atoms with Crippen LogP contribution in [0.1, 0.15) is 11.1 Å². The summed E-state index contributed by atoms with van der Waals surface area (Å²) in [5.41, 5.74) is 1.56. The van der Waals surface area contributed by atoms with Crippen LogP contribution in [0.15, 0.2) is 36.4 Å². The molecule has 0 unspecified atom stereocenters. The van der Waals surface area contributed by atoms with E-state index in [1.807, 2.05) is 6.92 Å². The zero-order valence-electron chi connectivity index (χ0n) is 10.7. The molecule has 0 radical (unpaired) electrons. The molecule has 2 aromatic carbocycles. The average molecular weight is 294 g/mol. The number of aliphatic hydroxyl groups is 1. The highest BCUT2D eigenvalue weighted by molar-refractivity contribution is 6.32. The van der Waals surface area contributed by atoms with Crippen LogP contribution in [-0.2, 0) is 6.61 Å². The van der Waals surface area contributed by atoms with E-state index in [1.165, 1.54) is 18.2 Å². The SMILES string of the molecule is Cc1cc(Oc2ccc([N+](=O)[O-])c(Cl)c2)ccc1CO. The minimum absolute atomic E-state index is 0.0243. The number of nitro benzene ring substituents is 1. The predicted molar refractivity (Wildman–Crippen MR) is 75.3 cm³/mol. The van der Waals surface area contributed by atoms with Gasteiger partial charge in [0.1, 0.15) is 16.5 Å². The van der Waals surface area contributed by atoms with Crippen molar-refractivity contribution in [2.75, 3.05) is 0 Å². The van der Waals surface area contributed by atoms with E-state index in [9.17, 15) is 10.1 Å². The van der Waals surface area contributed by atoms with Gasteiger partial charge in [-0.15, -0.1) is 0 Å². The summed E-state index contributed by atoms with van der Waals surface area (Å²) in [6.07, 6.45) is 0. The number of benzene rings is 2. The molecule has 104 valence electrons. The summed E-state index contributed by atoms with van der Waals surface area (Å²) >= 11 is 5.81. The second-order valence-electron chi connectivity index (χ2n) is 4.22. The van der Waals surface area contributed by atoms with Crippen molar-refractivity contribution in [1.82, 2.24) is 0 Å². The van der Waals surface area contributed by atoms with Crippen LogP contribution in [0.3, 0.4) is 0 Å². The Balaban J connectivity index is 2.24. The lowest BCUT2D eigenvalue weighted by atomic mass is 10.1. The van der Waals surface area contributed by atoms with E-state index in [-0.39, 0.29) is 17.3 Å². The summed E-state index contributed by atoms with van der Waals surface area (Å²) in [7, 11) is 0. The standard InChI is InChI=1S/C14H12ClNO4/c1-9-6-11(3-2-10(9)8-17)20-12-4-5-14(16(18)19)13(15)7-12/h2-7,17H,8H2,1H3. The van der Waals surface area contributed by atoms with Gasteiger partial charge in [0.2, 0.25) is 0 Å². The first-order valence-electron chi connectivity index (χ1n) is 5.83. The van der Waals surface area contributed by atoms with Crippen LogP contribution in [0.25, 0.3) is 0 Å². The summed E-state index contributed by atoms with van der Waals surface area (Å²) in [6.45, 7) is 1.83. The number of nitro groups is 1. The van der Waals surface area contributed by atoms with Crippen LogP contribution in [-0.4, -0.2) is 10.0 Å². The molecule has 0 fully saturated rings. The molecule has 2 aromatic rings. The largest absolute Gasteiger partial charge is 0.457 e. The van der Waals surface area contributed by atoms with Crippen molar-refractivity contribution in [3.63, 3.8) is 0 Å². The van der Waals surface area contributed by atoms with Crippen molar-refractivity contribution in [1.29, 1.82) is 0 Å². The van der Waals surface area contributed by atoms with Crippen LogP contribution < -0.4 is 4.74 Å². The molecule has 20 heavy (non-hydrogen) atoms. The van der Waals surface area contributed by atoms with E-state index < -0.39 is 4.92 Å². The molecule has 2 rings (SSSR count). The third kappa shape index (κ3) is 3.07. The summed E-state index contributed by atoms with van der Waals surface area (Å²) in [6, 6.07) is 9.44. The number of rotatable bonds is 4. The Kier molecular flexibility index (Phi) is 4.22. The maximum atomic E-state index is 10.7. The summed E-state index contributed by atoms with van der Waals surface area (Å²) < 4.78 is 5.59. The quantitative estimate of drug-likeness (QED) is 0.686. The first kappa shape index (κ1) is 14.3.